The summed E-state index contributed by atoms with van der Waals surface area (Å²) in [5.41, 5.74) is 0.527. The van der Waals surface area contributed by atoms with E-state index in [9.17, 15) is 9.18 Å². The summed E-state index contributed by atoms with van der Waals surface area (Å²) in [7, 11) is 0. The lowest BCUT2D eigenvalue weighted by Crippen LogP contribution is -2.53. The van der Waals surface area contributed by atoms with Gasteiger partial charge >= 0.3 is 0 Å². The molecule has 0 bridgehead atoms. The van der Waals surface area contributed by atoms with Crippen molar-refractivity contribution in [2.24, 2.45) is 5.92 Å². The van der Waals surface area contributed by atoms with Crippen LogP contribution in [0.1, 0.15) is 48.9 Å². The van der Waals surface area contributed by atoms with Crippen LogP contribution in [0.25, 0.3) is 0 Å². The van der Waals surface area contributed by atoms with Crippen LogP contribution in [-0.4, -0.2) is 47.4 Å². The fraction of sp³-hybridized carbons (Fsp3) is 0.632. The first-order valence-electron chi connectivity index (χ1n) is 8.97. The minimum absolute atomic E-state index is 0.148. The molecule has 0 aromatic heterocycles. The van der Waals surface area contributed by atoms with Crippen LogP contribution in [0.15, 0.2) is 24.3 Å². The zero-order valence-corrected chi connectivity index (χ0v) is 13.6. The number of benzene rings is 1. The van der Waals surface area contributed by atoms with Gasteiger partial charge in [0.2, 0.25) is 0 Å². The summed E-state index contributed by atoms with van der Waals surface area (Å²) < 4.78 is 13.8. The number of carbonyl (C=O) groups is 1. The second-order valence-corrected chi connectivity index (χ2v) is 7.49. The molecule has 2 heterocycles. The average Bonchev–Trinajstić information content (AvgIpc) is 3.31. The van der Waals surface area contributed by atoms with Crippen LogP contribution in [0.2, 0.25) is 0 Å². The van der Waals surface area contributed by atoms with Gasteiger partial charge in [-0.1, -0.05) is 12.1 Å². The van der Waals surface area contributed by atoms with Crippen molar-refractivity contribution >= 4 is 5.91 Å². The SMILES string of the molecule is O=C(c1ccccc1F)N1CCC2(CCCN2CC2CC2)CC1. The molecule has 0 unspecified atom stereocenters. The standard InChI is InChI=1S/C19H25FN2O/c20-17-5-2-1-4-16(17)18(23)21-12-9-19(10-13-21)8-3-11-22(19)14-15-6-7-15/h1-2,4-5,15H,3,6-14H2. The lowest BCUT2D eigenvalue weighted by Gasteiger charge is -2.45. The highest BCUT2D eigenvalue weighted by atomic mass is 19.1. The fourth-order valence-corrected chi connectivity index (χ4v) is 4.39. The Morgan fingerprint density at radius 2 is 1.87 bits per heavy atom. The zero-order chi connectivity index (χ0) is 15.9. The van der Waals surface area contributed by atoms with Crippen molar-refractivity contribution in [3.05, 3.63) is 35.6 Å². The third kappa shape index (κ3) is 2.89. The van der Waals surface area contributed by atoms with Crippen LogP contribution in [-0.2, 0) is 0 Å². The van der Waals surface area contributed by atoms with Crippen LogP contribution in [0.3, 0.4) is 0 Å². The van der Waals surface area contributed by atoms with Gasteiger partial charge < -0.3 is 4.90 Å². The maximum Gasteiger partial charge on any atom is 0.256 e. The van der Waals surface area contributed by atoms with Gasteiger partial charge in [0.05, 0.1) is 5.56 Å². The van der Waals surface area contributed by atoms with E-state index in [1.807, 2.05) is 4.90 Å². The molecule has 3 aliphatic rings. The third-order valence-electron chi connectivity index (χ3n) is 6.00. The molecule has 1 amide bonds. The number of amides is 1. The monoisotopic (exact) mass is 316 g/mol. The number of carbonyl (C=O) groups excluding carboxylic acids is 1. The molecule has 1 saturated carbocycles. The van der Waals surface area contributed by atoms with E-state index in [0.29, 0.717) is 5.54 Å². The second kappa shape index (κ2) is 5.90. The Hall–Kier alpha value is -1.42. The molecule has 1 spiro atoms. The summed E-state index contributed by atoms with van der Waals surface area (Å²) >= 11 is 0. The van der Waals surface area contributed by atoms with Crippen molar-refractivity contribution in [3.63, 3.8) is 0 Å². The zero-order valence-electron chi connectivity index (χ0n) is 13.6. The van der Waals surface area contributed by atoms with Gasteiger partial charge in [-0.15, -0.1) is 0 Å². The summed E-state index contributed by atoms with van der Waals surface area (Å²) in [4.78, 5) is 17.1. The largest absolute Gasteiger partial charge is 0.338 e. The molecule has 0 N–H and O–H groups in total. The number of rotatable bonds is 3. The molecule has 2 aliphatic heterocycles. The van der Waals surface area contributed by atoms with Gasteiger partial charge in [-0.05, 0) is 63.1 Å². The Labute approximate surface area is 137 Å². The first-order chi connectivity index (χ1) is 11.2. The summed E-state index contributed by atoms with van der Waals surface area (Å²) in [5.74, 6) is 0.363. The normalized spacial score (nSPS) is 24.3. The first-order valence-corrected chi connectivity index (χ1v) is 8.97. The topological polar surface area (TPSA) is 23.6 Å². The molecule has 0 atom stereocenters. The molecular formula is C19H25FN2O. The molecule has 3 fully saturated rings. The quantitative estimate of drug-likeness (QED) is 0.854. The molecule has 4 heteroatoms. The predicted molar refractivity (Wildman–Crippen MR) is 87.8 cm³/mol. The average molecular weight is 316 g/mol. The fourth-order valence-electron chi connectivity index (χ4n) is 4.39. The smallest absolute Gasteiger partial charge is 0.256 e. The van der Waals surface area contributed by atoms with Gasteiger partial charge in [-0.25, -0.2) is 4.39 Å². The van der Waals surface area contributed by atoms with Crippen LogP contribution in [0.4, 0.5) is 4.39 Å². The van der Waals surface area contributed by atoms with E-state index < -0.39 is 5.82 Å². The summed E-state index contributed by atoms with van der Waals surface area (Å²) in [6.07, 6.45) is 7.42. The highest BCUT2D eigenvalue weighted by molar-refractivity contribution is 5.94. The minimum atomic E-state index is -0.408. The number of likely N-dealkylation sites (tertiary alicyclic amines) is 2. The molecule has 23 heavy (non-hydrogen) atoms. The highest BCUT2D eigenvalue weighted by Crippen LogP contribution is 2.42. The first kappa shape index (κ1) is 15.1. The second-order valence-electron chi connectivity index (χ2n) is 7.49. The number of nitrogens with zero attached hydrogens (tertiary/aromatic N) is 2. The lowest BCUT2D eigenvalue weighted by molar-refractivity contribution is 0.0394. The van der Waals surface area contributed by atoms with E-state index in [4.69, 9.17) is 0 Å². The molecule has 2 saturated heterocycles. The van der Waals surface area contributed by atoms with Crippen molar-refractivity contribution in [1.29, 1.82) is 0 Å². The number of hydrogen-bond acceptors (Lipinski definition) is 2. The lowest BCUT2D eigenvalue weighted by atomic mass is 9.84. The van der Waals surface area contributed by atoms with Crippen molar-refractivity contribution in [2.75, 3.05) is 26.2 Å². The molecule has 1 aliphatic carbocycles. The van der Waals surface area contributed by atoms with Crippen LogP contribution < -0.4 is 0 Å². The Kier molecular flexibility index (Phi) is 3.88. The van der Waals surface area contributed by atoms with E-state index >= 15 is 0 Å². The number of hydrogen-bond donors (Lipinski definition) is 0. The van der Waals surface area contributed by atoms with E-state index in [-0.39, 0.29) is 11.5 Å². The Balaban J connectivity index is 1.42. The Morgan fingerprint density at radius 3 is 2.57 bits per heavy atom. The molecule has 0 radical (unpaired) electrons. The van der Waals surface area contributed by atoms with Gasteiger partial charge in [0, 0.05) is 25.2 Å². The van der Waals surface area contributed by atoms with Crippen molar-refractivity contribution in [1.82, 2.24) is 9.80 Å². The van der Waals surface area contributed by atoms with Crippen molar-refractivity contribution in [3.8, 4) is 0 Å². The van der Waals surface area contributed by atoms with Gasteiger partial charge in [0.25, 0.3) is 5.91 Å². The molecular weight excluding hydrogens is 291 g/mol. The highest BCUT2D eigenvalue weighted by Gasteiger charge is 2.45. The van der Waals surface area contributed by atoms with E-state index in [1.54, 1.807) is 18.2 Å². The molecule has 4 rings (SSSR count). The molecule has 3 nitrogen and oxygen atoms in total. The maximum absolute atomic E-state index is 13.8. The van der Waals surface area contributed by atoms with Crippen LogP contribution in [0.5, 0.6) is 0 Å². The molecule has 1 aromatic carbocycles. The Morgan fingerprint density at radius 1 is 1.13 bits per heavy atom. The summed E-state index contributed by atoms with van der Waals surface area (Å²) in [6.45, 7) is 3.99. The molecule has 124 valence electrons. The predicted octanol–water partition coefficient (Wildman–Crippen LogP) is 3.31. The van der Waals surface area contributed by atoms with E-state index in [2.05, 4.69) is 4.90 Å². The van der Waals surface area contributed by atoms with E-state index in [0.717, 1.165) is 31.8 Å². The van der Waals surface area contributed by atoms with Gasteiger partial charge in [-0.2, -0.15) is 0 Å². The third-order valence-corrected chi connectivity index (χ3v) is 6.00. The summed E-state index contributed by atoms with van der Waals surface area (Å²) in [6, 6.07) is 6.33. The number of halogens is 1. The van der Waals surface area contributed by atoms with Crippen molar-refractivity contribution < 1.29 is 9.18 Å². The van der Waals surface area contributed by atoms with Gasteiger partial charge in [0.15, 0.2) is 0 Å². The van der Waals surface area contributed by atoms with E-state index in [1.165, 1.54) is 44.8 Å². The van der Waals surface area contributed by atoms with Gasteiger partial charge in [-0.3, -0.25) is 9.69 Å². The number of piperidine rings is 1. The van der Waals surface area contributed by atoms with Crippen molar-refractivity contribution in [2.45, 2.75) is 44.1 Å². The molecule has 1 aromatic rings. The minimum Gasteiger partial charge on any atom is -0.338 e. The van der Waals surface area contributed by atoms with Crippen LogP contribution >= 0.6 is 0 Å². The van der Waals surface area contributed by atoms with Gasteiger partial charge in [0.1, 0.15) is 5.82 Å². The Bertz CT molecular complexity index is 591. The van der Waals surface area contributed by atoms with Crippen LogP contribution in [0, 0.1) is 11.7 Å². The maximum atomic E-state index is 13.8. The summed E-state index contributed by atoms with van der Waals surface area (Å²) in [5, 5.41) is 0.